The maximum Gasteiger partial charge on any atom is 0.306 e. The molecule has 6 atom stereocenters. The molecular weight excluding hydrogens is 761 g/mol. The van der Waals surface area contributed by atoms with Gasteiger partial charge in [-0.15, -0.1) is 0 Å². The van der Waals surface area contributed by atoms with Gasteiger partial charge in [0.05, 0.1) is 13.2 Å². The third kappa shape index (κ3) is 32.4. The number of hydrogen-bond acceptors (Lipinski definition) is 10. The van der Waals surface area contributed by atoms with E-state index < -0.39 is 49.4 Å². The molecule has 4 N–H and O–H groups in total. The molecule has 6 unspecified atom stereocenters. The minimum Gasteiger partial charge on any atom is -0.462 e. The Hall–Kier alpha value is -1.30. The minimum atomic E-state index is -1.59. The lowest BCUT2D eigenvalue weighted by atomic mass is 9.99. The van der Waals surface area contributed by atoms with Crippen molar-refractivity contribution in [2.75, 3.05) is 19.8 Å². The molecule has 0 aromatic heterocycles. The molecule has 1 aliphatic heterocycles. The van der Waals surface area contributed by atoms with Crippen LogP contribution in [0.1, 0.15) is 251 Å². The zero-order valence-electron chi connectivity index (χ0n) is 39.0. The van der Waals surface area contributed by atoms with Gasteiger partial charge in [-0.2, -0.15) is 0 Å². The van der Waals surface area contributed by atoms with E-state index in [4.69, 9.17) is 18.9 Å². The van der Waals surface area contributed by atoms with Gasteiger partial charge in [-0.25, -0.2) is 0 Å². The van der Waals surface area contributed by atoms with Gasteiger partial charge in [0.2, 0.25) is 0 Å². The maximum atomic E-state index is 12.8. The van der Waals surface area contributed by atoms with E-state index in [9.17, 15) is 30.0 Å². The third-order valence-electron chi connectivity index (χ3n) is 12.2. The van der Waals surface area contributed by atoms with Crippen LogP contribution in [-0.4, -0.2) is 89.0 Å². The smallest absolute Gasteiger partial charge is 0.306 e. The van der Waals surface area contributed by atoms with Gasteiger partial charge in [-0.1, -0.05) is 226 Å². The van der Waals surface area contributed by atoms with Crippen molar-refractivity contribution in [1.82, 2.24) is 0 Å². The number of carbonyl (C=O) groups is 2. The summed E-state index contributed by atoms with van der Waals surface area (Å²) in [6.07, 6.45) is 36.8. The fourth-order valence-electron chi connectivity index (χ4n) is 8.19. The fraction of sp³-hybridized carbons (Fsp3) is 0.960. The summed E-state index contributed by atoms with van der Waals surface area (Å²) in [6.45, 7) is 3.48. The maximum absolute atomic E-state index is 12.8. The molecular formula is C50H96O10. The molecule has 0 spiro atoms. The molecule has 0 aliphatic carbocycles. The normalized spacial score (nSPS) is 19.7. The van der Waals surface area contributed by atoms with Crippen LogP contribution in [0, 0.1) is 0 Å². The predicted octanol–water partition coefficient (Wildman–Crippen LogP) is 11.7. The molecule has 10 nitrogen and oxygen atoms in total. The van der Waals surface area contributed by atoms with E-state index in [1.807, 2.05) is 0 Å². The first kappa shape index (κ1) is 56.7. The van der Waals surface area contributed by atoms with E-state index in [2.05, 4.69) is 13.8 Å². The Labute approximate surface area is 368 Å². The second kappa shape index (κ2) is 41.7. The Bertz CT molecular complexity index is 948. The number of ether oxygens (including phenoxy) is 4. The SMILES string of the molecule is CCCCCCCCCCCCCCCCCCCCCC(=O)OC(COC(=O)CCCCCCCCCCCCCCCCCC)COC1OC(CO)C(O)C(O)C1O. The van der Waals surface area contributed by atoms with E-state index in [-0.39, 0.29) is 32.0 Å². The van der Waals surface area contributed by atoms with Crippen LogP contribution in [0.15, 0.2) is 0 Å². The van der Waals surface area contributed by atoms with Crippen LogP contribution < -0.4 is 0 Å². The molecule has 1 heterocycles. The number of carbonyl (C=O) groups excluding carboxylic acids is 2. The van der Waals surface area contributed by atoms with Crippen LogP contribution in [0.25, 0.3) is 0 Å². The number of aliphatic hydroxyl groups excluding tert-OH is 4. The summed E-state index contributed by atoms with van der Waals surface area (Å²) >= 11 is 0. The van der Waals surface area contributed by atoms with Crippen LogP contribution in [0.2, 0.25) is 0 Å². The molecule has 356 valence electrons. The van der Waals surface area contributed by atoms with Gasteiger partial charge in [-0.3, -0.25) is 9.59 Å². The summed E-state index contributed by atoms with van der Waals surface area (Å²) in [4.78, 5) is 25.4. The molecule has 0 radical (unpaired) electrons. The van der Waals surface area contributed by atoms with Crippen molar-refractivity contribution >= 4 is 11.9 Å². The Morgan fingerprint density at radius 1 is 0.450 bits per heavy atom. The van der Waals surface area contributed by atoms with Crippen LogP contribution in [0.4, 0.5) is 0 Å². The summed E-state index contributed by atoms with van der Waals surface area (Å²) in [5, 5.41) is 40.2. The fourth-order valence-corrected chi connectivity index (χ4v) is 8.19. The first-order valence-corrected chi connectivity index (χ1v) is 25.6. The monoisotopic (exact) mass is 857 g/mol. The highest BCUT2D eigenvalue weighted by Crippen LogP contribution is 2.23. The average molecular weight is 857 g/mol. The number of hydrogen-bond donors (Lipinski definition) is 4. The Morgan fingerprint density at radius 2 is 0.783 bits per heavy atom. The van der Waals surface area contributed by atoms with E-state index in [1.165, 1.54) is 180 Å². The largest absolute Gasteiger partial charge is 0.462 e. The average Bonchev–Trinajstić information content (AvgIpc) is 3.25. The number of esters is 2. The summed E-state index contributed by atoms with van der Waals surface area (Å²) in [7, 11) is 0. The lowest BCUT2D eigenvalue weighted by molar-refractivity contribution is -0.305. The quantitative estimate of drug-likeness (QED) is 0.0344. The molecule has 0 bridgehead atoms. The highest BCUT2D eigenvalue weighted by molar-refractivity contribution is 5.70. The van der Waals surface area contributed by atoms with Crippen molar-refractivity contribution in [1.29, 1.82) is 0 Å². The van der Waals surface area contributed by atoms with Gasteiger partial charge < -0.3 is 39.4 Å². The number of rotatable bonds is 44. The van der Waals surface area contributed by atoms with Crippen molar-refractivity contribution in [3.63, 3.8) is 0 Å². The van der Waals surface area contributed by atoms with Crippen LogP contribution >= 0.6 is 0 Å². The molecule has 1 rings (SSSR count). The lowest BCUT2D eigenvalue weighted by Crippen LogP contribution is -2.59. The summed E-state index contributed by atoms with van der Waals surface area (Å²) < 4.78 is 22.3. The standard InChI is InChI=1S/C50H96O10/c1-3-5-7-9-11-13-15-17-19-21-22-23-25-27-29-31-33-35-37-39-46(53)59-43(42-58-50-49(56)48(55)47(54)44(40-51)60-50)41-57-45(52)38-36-34-32-30-28-26-24-20-18-16-14-12-10-8-6-4-2/h43-44,47-51,54-56H,3-42H2,1-2H3. The number of aliphatic hydroxyl groups is 4. The topological polar surface area (TPSA) is 152 Å². The Balaban J connectivity index is 2.24. The summed E-state index contributed by atoms with van der Waals surface area (Å²) in [6, 6.07) is 0. The molecule has 0 aromatic carbocycles. The number of unbranched alkanes of at least 4 members (excludes halogenated alkanes) is 33. The zero-order valence-corrected chi connectivity index (χ0v) is 39.0. The Morgan fingerprint density at radius 3 is 1.13 bits per heavy atom. The molecule has 60 heavy (non-hydrogen) atoms. The lowest BCUT2D eigenvalue weighted by Gasteiger charge is -2.39. The Kier molecular flexibility index (Phi) is 39.4. The van der Waals surface area contributed by atoms with Crippen molar-refractivity contribution in [2.24, 2.45) is 0 Å². The molecule has 0 saturated carbocycles. The molecule has 0 amide bonds. The first-order valence-electron chi connectivity index (χ1n) is 25.6. The predicted molar refractivity (Wildman–Crippen MR) is 243 cm³/mol. The van der Waals surface area contributed by atoms with E-state index in [0.717, 1.165) is 38.5 Å². The van der Waals surface area contributed by atoms with Gasteiger partial charge in [0.1, 0.15) is 31.0 Å². The van der Waals surface area contributed by atoms with Gasteiger partial charge >= 0.3 is 11.9 Å². The molecule has 1 fully saturated rings. The van der Waals surface area contributed by atoms with Gasteiger partial charge in [0.15, 0.2) is 12.4 Å². The van der Waals surface area contributed by atoms with Gasteiger partial charge in [0.25, 0.3) is 0 Å². The van der Waals surface area contributed by atoms with Gasteiger partial charge in [-0.05, 0) is 12.8 Å². The van der Waals surface area contributed by atoms with Crippen LogP contribution in [0.3, 0.4) is 0 Å². The van der Waals surface area contributed by atoms with E-state index >= 15 is 0 Å². The molecule has 10 heteroatoms. The van der Waals surface area contributed by atoms with E-state index in [0.29, 0.717) is 6.42 Å². The zero-order chi connectivity index (χ0) is 43.7. The van der Waals surface area contributed by atoms with Crippen LogP contribution in [-0.2, 0) is 28.5 Å². The highest BCUT2D eigenvalue weighted by Gasteiger charge is 2.44. The van der Waals surface area contributed by atoms with Gasteiger partial charge in [0, 0.05) is 12.8 Å². The first-order chi connectivity index (χ1) is 29.3. The van der Waals surface area contributed by atoms with Crippen molar-refractivity contribution in [2.45, 2.75) is 288 Å². The van der Waals surface area contributed by atoms with Crippen LogP contribution in [0.5, 0.6) is 0 Å². The summed E-state index contributed by atoms with van der Waals surface area (Å²) in [5.41, 5.74) is 0. The second-order valence-corrected chi connectivity index (χ2v) is 18.0. The highest BCUT2D eigenvalue weighted by atomic mass is 16.7. The molecule has 0 aromatic rings. The van der Waals surface area contributed by atoms with Crippen molar-refractivity contribution in [3.05, 3.63) is 0 Å². The van der Waals surface area contributed by atoms with Crippen molar-refractivity contribution < 1.29 is 49.0 Å². The van der Waals surface area contributed by atoms with E-state index in [1.54, 1.807) is 0 Å². The third-order valence-corrected chi connectivity index (χ3v) is 12.2. The minimum absolute atomic E-state index is 0.208. The molecule has 1 aliphatic rings. The second-order valence-electron chi connectivity index (χ2n) is 18.0. The summed E-state index contributed by atoms with van der Waals surface area (Å²) in [5.74, 6) is -0.786. The molecule has 1 saturated heterocycles. The van der Waals surface area contributed by atoms with Crippen molar-refractivity contribution in [3.8, 4) is 0 Å².